The molecule has 2 aromatic carbocycles. The van der Waals surface area contributed by atoms with Gasteiger partial charge in [-0.25, -0.2) is 0 Å². The minimum absolute atomic E-state index is 0.0229. The second-order valence-electron chi connectivity index (χ2n) is 7.87. The van der Waals surface area contributed by atoms with Crippen molar-refractivity contribution in [1.82, 2.24) is 10.2 Å². The maximum absolute atomic E-state index is 12.6. The first kappa shape index (κ1) is 23.2. The van der Waals surface area contributed by atoms with Crippen LogP contribution in [0.2, 0.25) is 0 Å². The van der Waals surface area contributed by atoms with Gasteiger partial charge < -0.3 is 15.0 Å². The Kier molecular flexibility index (Phi) is 8.79. The van der Waals surface area contributed by atoms with E-state index >= 15 is 0 Å². The average molecular weight is 443 g/mol. The van der Waals surface area contributed by atoms with Gasteiger partial charge in [0.15, 0.2) is 5.37 Å². The minimum Gasteiger partial charge on any atom is -0.614 e. The molecular formula is C24H30N2O4S. The number of aromatic hydroxyl groups is 1. The zero-order valence-electron chi connectivity index (χ0n) is 17.7. The van der Waals surface area contributed by atoms with Crippen molar-refractivity contribution >= 4 is 23.0 Å². The summed E-state index contributed by atoms with van der Waals surface area (Å²) in [5, 5.41) is 11.8. The van der Waals surface area contributed by atoms with Crippen LogP contribution in [-0.2, 0) is 32.9 Å². The maximum Gasteiger partial charge on any atom is 0.239 e. The van der Waals surface area contributed by atoms with Gasteiger partial charge in [0.25, 0.3) is 0 Å². The summed E-state index contributed by atoms with van der Waals surface area (Å²) in [6, 6.07) is 16.8. The summed E-state index contributed by atoms with van der Waals surface area (Å²) in [5.41, 5.74) is 2.18. The lowest BCUT2D eigenvalue weighted by atomic mass is 10.1. The second-order valence-corrected chi connectivity index (χ2v) is 9.47. The van der Waals surface area contributed by atoms with E-state index in [4.69, 9.17) is 0 Å². The molecular weight excluding hydrogens is 412 g/mol. The van der Waals surface area contributed by atoms with Gasteiger partial charge >= 0.3 is 0 Å². The number of hydrogen-bond donors (Lipinski definition) is 2. The number of benzene rings is 2. The summed E-state index contributed by atoms with van der Waals surface area (Å²) >= 11 is -1.21. The summed E-state index contributed by atoms with van der Waals surface area (Å²) in [6.07, 6.45) is 5.26. The molecule has 2 atom stereocenters. The van der Waals surface area contributed by atoms with E-state index in [0.717, 1.165) is 37.7 Å². The van der Waals surface area contributed by atoms with Crippen LogP contribution < -0.4 is 5.32 Å². The van der Waals surface area contributed by atoms with Crippen molar-refractivity contribution in [1.29, 1.82) is 0 Å². The lowest BCUT2D eigenvalue weighted by Crippen LogP contribution is -2.59. The molecule has 3 rings (SSSR count). The molecule has 1 saturated heterocycles. The fourth-order valence-electron chi connectivity index (χ4n) is 3.59. The molecule has 0 radical (unpaired) electrons. The van der Waals surface area contributed by atoms with Crippen LogP contribution in [0, 0.1) is 0 Å². The van der Waals surface area contributed by atoms with E-state index in [-0.39, 0.29) is 35.9 Å². The number of phenolic OH excluding ortho intramolecular Hbond substituents is 1. The molecule has 6 nitrogen and oxygen atoms in total. The average Bonchev–Trinajstić information content (AvgIpc) is 2.77. The van der Waals surface area contributed by atoms with Gasteiger partial charge in [0.05, 0.1) is 6.42 Å². The number of β-lactam (4-membered cyclic amide) rings is 1. The summed E-state index contributed by atoms with van der Waals surface area (Å²) in [7, 11) is 0. The predicted octanol–water partition coefficient (Wildman–Crippen LogP) is 3.12. The molecule has 1 fully saturated rings. The fraction of sp³-hybridized carbons (Fsp3) is 0.417. The lowest BCUT2D eigenvalue weighted by molar-refractivity contribution is -0.145. The molecule has 2 amide bonds. The molecule has 2 N–H and O–H groups in total. The van der Waals surface area contributed by atoms with Gasteiger partial charge in [-0.3, -0.25) is 14.5 Å². The first-order valence-corrected chi connectivity index (χ1v) is 12.2. The van der Waals surface area contributed by atoms with Crippen molar-refractivity contribution in [3.63, 3.8) is 0 Å². The standard InChI is InChI=1S/C24H30N2O4S/c27-21-13-11-19(12-14-21)8-4-1-2-7-15-25-22(28)17-26-23(29)16-24(26)31(30)18-20-9-5-3-6-10-20/h3,5-6,9-14,24,27H,1-2,4,7-8,15-18H2,(H,25,28). The Balaban J connectivity index is 1.28. The largest absolute Gasteiger partial charge is 0.614 e. The minimum atomic E-state index is -1.21. The maximum atomic E-state index is 12.6. The number of aryl methyl sites for hydroxylation is 1. The van der Waals surface area contributed by atoms with E-state index < -0.39 is 11.2 Å². The molecule has 2 aromatic rings. The first-order chi connectivity index (χ1) is 15.0. The summed E-state index contributed by atoms with van der Waals surface area (Å²) in [5.74, 6) is 0.365. The summed E-state index contributed by atoms with van der Waals surface area (Å²) in [4.78, 5) is 25.5. The highest BCUT2D eigenvalue weighted by Crippen LogP contribution is 2.26. The second kappa shape index (κ2) is 11.8. The number of unbranched alkanes of at least 4 members (excludes halogenated alkanes) is 3. The number of carbonyl (C=O) groups excluding carboxylic acids is 2. The zero-order chi connectivity index (χ0) is 22.1. The van der Waals surface area contributed by atoms with Crippen LogP contribution in [0.4, 0.5) is 0 Å². The summed E-state index contributed by atoms with van der Waals surface area (Å²) < 4.78 is 12.6. The van der Waals surface area contributed by atoms with Crippen LogP contribution in [0.25, 0.3) is 0 Å². The molecule has 31 heavy (non-hydrogen) atoms. The SMILES string of the molecule is O=C(CN1C(=O)CC1[S+]([O-])Cc1ccccc1)NCCCCCCc1ccc(O)cc1. The van der Waals surface area contributed by atoms with Crippen molar-refractivity contribution in [2.24, 2.45) is 0 Å². The Morgan fingerprint density at radius 2 is 1.74 bits per heavy atom. The Morgan fingerprint density at radius 1 is 1.03 bits per heavy atom. The molecule has 7 heteroatoms. The zero-order valence-corrected chi connectivity index (χ0v) is 18.5. The van der Waals surface area contributed by atoms with E-state index in [2.05, 4.69) is 5.32 Å². The van der Waals surface area contributed by atoms with Crippen LogP contribution in [0.1, 0.15) is 43.2 Å². The van der Waals surface area contributed by atoms with Gasteiger partial charge in [-0.1, -0.05) is 55.3 Å². The molecule has 0 spiro atoms. The van der Waals surface area contributed by atoms with Gasteiger partial charge in [0, 0.05) is 12.1 Å². The third kappa shape index (κ3) is 7.29. The van der Waals surface area contributed by atoms with E-state index in [0.29, 0.717) is 12.3 Å². The Labute approximate surface area is 186 Å². The van der Waals surface area contributed by atoms with Crippen LogP contribution >= 0.6 is 0 Å². The molecule has 2 unspecified atom stereocenters. The van der Waals surface area contributed by atoms with Crippen molar-refractivity contribution in [2.75, 3.05) is 13.1 Å². The van der Waals surface area contributed by atoms with E-state index in [1.807, 2.05) is 42.5 Å². The van der Waals surface area contributed by atoms with Crippen molar-refractivity contribution < 1.29 is 19.2 Å². The molecule has 0 aliphatic carbocycles. The molecule has 0 bridgehead atoms. The monoisotopic (exact) mass is 442 g/mol. The van der Waals surface area contributed by atoms with Crippen LogP contribution in [0.5, 0.6) is 5.75 Å². The van der Waals surface area contributed by atoms with Crippen LogP contribution in [0.3, 0.4) is 0 Å². The summed E-state index contributed by atoms with van der Waals surface area (Å²) in [6.45, 7) is 0.558. The number of nitrogens with zero attached hydrogens (tertiary/aromatic N) is 1. The van der Waals surface area contributed by atoms with Gasteiger partial charge in [-0.05, 0) is 48.1 Å². The number of nitrogens with one attached hydrogen (secondary N) is 1. The normalized spacial score (nSPS) is 16.6. The third-order valence-electron chi connectivity index (χ3n) is 5.44. The Hall–Kier alpha value is -2.51. The topological polar surface area (TPSA) is 92.7 Å². The highest BCUT2D eigenvalue weighted by molar-refractivity contribution is 7.91. The number of likely N-dealkylation sites (tertiary alicyclic amines) is 1. The molecule has 0 saturated carbocycles. The molecule has 1 aliphatic rings. The van der Waals surface area contributed by atoms with Crippen LogP contribution in [-0.4, -0.2) is 44.8 Å². The van der Waals surface area contributed by atoms with Gasteiger partial charge in [0.2, 0.25) is 11.8 Å². The Bertz CT molecular complexity index is 844. The quantitative estimate of drug-likeness (QED) is 0.300. The van der Waals surface area contributed by atoms with E-state index in [9.17, 15) is 19.2 Å². The molecule has 166 valence electrons. The van der Waals surface area contributed by atoms with Crippen molar-refractivity contribution in [2.45, 2.75) is 49.7 Å². The molecule has 1 aliphatic heterocycles. The molecule has 1 heterocycles. The van der Waals surface area contributed by atoms with Crippen LogP contribution in [0.15, 0.2) is 54.6 Å². The smallest absolute Gasteiger partial charge is 0.239 e. The first-order valence-electron chi connectivity index (χ1n) is 10.8. The van der Waals surface area contributed by atoms with Gasteiger partial charge in [-0.15, -0.1) is 0 Å². The van der Waals surface area contributed by atoms with E-state index in [1.165, 1.54) is 10.5 Å². The number of rotatable bonds is 12. The molecule has 0 aromatic heterocycles. The van der Waals surface area contributed by atoms with Gasteiger partial charge in [0.1, 0.15) is 18.0 Å². The number of carbonyl (C=O) groups is 2. The lowest BCUT2D eigenvalue weighted by Gasteiger charge is -2.39. The van der Waals surface area contributed by atoms with Gasteiger partial charge in [-0.2, -0.15) is 0 Å². The predicted molar refractivity (Wildman–Crippen MR) is 122 cm³/mol. The third-order valence-corrected chi connectivity index (χ3v) is 7.08. The fourth-order valence-corrected chi connectivity index (χ4v) is 5.11. The highest BCUT2D eigenvalue weighted by Gasteiger charge is 2.45. The van der Waals surface area contributed by atoms with Crippen molar-refractivity contribution in [3.8, 4) is 5.75 Å². The van der Waals surface area contributed by atoms with Crippen molar-refractivity contribution in [3.05, 3.63) is 65.7 Å². The number of hydrogen-bond acceptors (Lipinski definition) is 4. The number of amides is 2. The Morgan fingerprint density at radius 3 is 2.45 bits per heavy atom. The van der Waals surface area contributed by atoms with E-state index in [1.54, 1.807) is 12.1 Å². The number of phenols is 1. The highest BCUT2D eigenvalue weighted by atomic mass is 32.2.